The molecule has 2 rings (SSSR count). The summed E-state index contributed by atoms with van der Waals surface area (Å²) in [7, 11) is 3.68. The number of carbonyl (C=O) groups is 2. The molecule has 0 unspecified atom stereocenters. The summed E-state index contributed by atoms with van der Waals surface area (Å²) in [5.41, 5.74) is -0.360. The minimum Gasteiger partial charge on any atom is -0.365 e. The van der Waals surface area contributed by atoms with Crippen LogP contribution < -0.4 is 0 Å². The smallest absolute Gasteiger partial charge is 0.330 e. The number of halogens is 4. The van der Waals surface area contributed by atoms with Crippen molar-refractivity contribution in [3.05, 3.63) is 0 Å². The molecule has 1 spiro atoms. The largest absolute Gasteiger partial charge is 0.365 e. The number of alkyl halides is 4. The molecule has 0 radical (unpaired) electrons. The highest BCUT2D eigenvalue weighted by atomic mass is 19.3. The van der Waals surface area contributed by atoms with E-state index < -0.39 is 31.5 Å². The summed E-state index contributed by atoms with van der Waals surface area (Å²) in [5.74, 6) is -4.72. The van der Waals surface area contributed by atoms with Crippen LogP contribution in [0.1, 0.15) is 19.3 Å². The molecule has 2 aliphatic heterocycles. The number of rotatable bonds is 5. The van der Waals surface area contributed by atoms with Gasteiger partial charge in [-0.15, -0.1) is 0 Å². The number of hydrogen-bond donors (Lipinski definition) is 0. The molecule has 0 saturated carbocycles. The molecule has 0 bridgehead atoms. The molecule has 1 atom stereocenters. The van der Waals surface area contributed by atoms with E-state index in [9.17, 15) is 27.2 Å². The lowest BCUT2D eigenvalue weighted by molar-refractivity contribution is -0.172. The normalized spacial score (nSPS) is 25.9. The van der Waals surface area contributed by atoms with Crippen molar-refractivity contribution < 1.29 is 31.9 Å². The molecule has 2 heterocycles. The third-order valence-electron chi connectivity index (χ3n) is 5.33. The molecule has 10 heteroatoms. The molecule has 0 N–H and O–H groups in total. The van der Waals surface area contributed by atoms with Crippen molar-refractivity contribution in [2.75, 3.05) is 53.5 Å². The Kier molecular flexibility index (Phi) is 6.49. The van der Waals surface area contributed by atoms with Crippen LogP contribution in [0.2, 0.25) is 0 Å². The van der Waals surface area contributed by atoms with Gasteiger partial charge in [-0.2, -0.15) is 8.78 Å². The summed E-state index contributed by atoms with van der Waals surface area (Å²) in [6, 6.07) is 0. The van der Waals surface area contributed by atoms with Gasteiger partial charge in [-0.3, -0.25) is 14.5 Å². The van der Waals surface area contributed by atoms with Crippen molar-refractivity contribution in [1.82, 2.24) is 14.7 Å². The second-order valence-electron chi connectivity index (χ2n) is 7.08. The fraction of sp³-hybridized carbons (Fsp3) is 0.875. The van der Waals surface area contributed by atoms with E-state index in [1.54, 1.807) is 11.9 Å². The van der Waals surface area contributed by atoms with Crippen molar-refractivity contribution in [1.29, 1.82) is 0 Å². The first-order chi connectivity index (χ1) is 12.1. The fourth-order valence-corrected chi connectivity index (χ4v) is 3.40. The van der Waals surface area contributed by atoms with Gasteiger partial charge in [0.2, 0.25) is 11.8 Å². The zero-order valence-electron chi connectivity index (χ0n) is 15.0. The maximum atomic E-state index is 12.9. The van der Waals surface area contributed by atoms with Gasteiger partial charge in [-0.25, -0.2) is 8.78 Å². The van der Waals surface area contributed by atoms with Gasteiger partial charge in [0, 0.05) is 45.2 Å². The van der Waals surface area contributed by atoms with E-state index in [1.165, 1.54) is 4.90 Å². The van der Waals surface area contributed by atoms with E-state index in [4.69, 9.17) is 0 Å². The summed E-state index contributed by atoms with van der Waals surface area (Å²) in [6.45, 7) is -0.248. The summed E-state index contributed by atoms with van der Waals surface area (Å²) in [5, 5.41) is 0. The predicted molar refractivity (Wildman–Crippen MR) is 85.2 cm³/mol. The molecule has 2 aliphatic rings. The predicted octanol–water partition coefficient (Wildman–Crippen LogP) is 1.06. The average Bonchev–Trinajstić information content (AvgIpc) is 2.71. The molecule has 0 aliphatic carbocycles. The zero-order valence-corrected chi connectivity index (χ0v) is 15.0. The maximum absolute atomic E-state index is 12.9. The van der Waals surface area contributed by atoms with Gasteiger partial charge in [0.1, 0.15) is 13.2 Å². The number of amides is 2. The first-order valence-corrected chi connectivity index (χ1v) is 8.54. The van der Waals surface area contributed by atoms with Gasteiger partial charge in [0.25, 0.3) is 0 Å². The van der Waals surface area contributed by atoms with Crippen LogP contribution >= 0.6 is 0 Å². The van der Waals surface area contributed by atoms with Gasteiger partial charge >= 0.3 is 12.3 Å². The fourth-order valence-electron chi connectivity index (χ4n) is 3.40. The van der Waals surface area contributed by atoms with E-state index in [0.717, 1.165) is 0 Å². The Bertz CT molecular complexity index is 535. The molecule has 26 heavy (non-hydrogen) atoms. The summed E-state index contributed by atoms with van der Waals surface area (Å²) in [6.07, 6.45) is -2.16. The van der Waals surface area contributed by atoms with Crippen LogP contribution in [-0.2, 0) is 14.3 Å². The van der Waals surface area contributed by atoms with Crippen LogP contribution in [0.15, 0.2) is 0 Å². The number of hydrogen-bond acceptors (Lipinski definition) is 4. The Balaban J connectivity index is 1.94. The molecule has 150 valence electrons. The second-order valence-corrected chi connectivity index (χ2v) is 7.08. The van der Waals surface area contributed by atoms with Crippen LogP contribution in [0.3, 0.4) is 0 Å². The van der Waals surface area contributed by atoms with E-state index >= 15 is 0 Å². The van der Waals surface area contributed by atoms with E-state index in [2.05, 4.69) is 9.64 Å². The van der Waals surface area contributed by atoms with Crippen LogP contribution in [0, 0.1) is 0 Å². The SMILES string of the molecule is CN1CC[C@@]2(CCC1=O)CN(C(=O)COCC(F)(F)C(F)F)CCN2C. The van der Waals surface area contributed by atoms with Crippen molar-refractivity contribution >= 4 is 11.8 Å². The number of ether oxygens (including phenoxy) is 1. The standard InChI is InChI=1S/C16H25F4N3O3/c1-21-6-5-15(4-3-12(21)24)10-23(8-7-22(15)2)13(25)9-26-11-16(19,20)14(17)18/h14H,3-11H2,1-2H3/t15-/m0/s1. The lowest BCUT2D eigenvalue weighted by Crippen LogP contribution is -2.62. The van der Waals surface area contributed by atoms with Crippen molar-refractivity contribution in [2.24, 2.45) is 0 Å². The van der Waals surface area contributed by atoms with E-state index in [0.29, 0.717) is 45.4 Å². The third kappa shape index (κ3) is 4.64. The van der Waals surface area contributed by atoms with Crippen LogP contribution in [0.4, 0.5) is 17.6 Å². The first kappa shape index (κ1) is 20.9. The number of nitrogens with zero attached hydrogens (tertiary/aromatic N) is 3. The highest BCUT2D eigenvalue weighted by Crippen LogP contribution is 2.32. The Morgan fingerprint density at radius 1 is 1.23 bits per heavy atom. The average molecular weight is 383 g/mol. The lowest BCUT2D eigenvalue weighted by atomic mass is 9.86. The van der Waals surface area contributed by atoms with Gasteiger partial charge in [-0.1, -0.05) is 0 Å². The van der Waals surface area contributed by atoms with Crippen molar-refractivity contribution in [3.63, 3.8) is 0 Å². The molecular formula is C16H25F4N3O3. The summed E-state index contributed by atoms with van der Waals surface area (Å²) in [4.78, 5) is 29.5. The molecule has 0 aromatic rings. The molecule has 0 aromatic heterocycles. The molecule has 2 amide bonds. The minimum atomic E-state index is -4.27. The van der Waals surface area contributed by atoms with Crippen LogP contribution in [0.5, 0.6) is 0 Å². The Morgan fingerprint density at radius 2 is 1.92 bits per heavy atom. The third-order valence-corrected chi connectivity index (χ3v) is 5.33. The van der Waals surface area contributed by atoms with E-state index in [-0.39, 0.29) is 11.4 Å². The second kappa shape index (κ2) is 8.08. The lowest BCUT2D eigenvalue weighted by Gasteiger charge is -2.49. The van der Waals surface area contributed by atoms with Gasteiger partial charge in [0.15, 0.2) is 0 Å². The molecule has 2 fully saturated rings. The van der Waals surface area contributed by atoms with Crippen molar-refractivity contribution in [3.8, 4) is 0 Å². The maximum Gasteiger partial charge on any atom is 0.330 e. The molecular weight excluding hydrogens is 358 g/mol. The van der Waals surface area contributed by atoms with Crippen molar-refractivity contribution in [2.45, 2.75) is 37.1 Å². The number of likely N-dealkylation sites (N-methyl/N-ethyl adjacent to an activating group) is 1. The van der Waals surface area contributed by atoms with Crippen LogP contribution in [0.25, 0.3) is 0 Å². The summed E-state index contributed by atoms with van der Waals surface area (Å²) < 4.78 is 54.5. The highest BCUT2D eigenvalue weighted by Gasteiger charge is 2.44. The summed E-state index contributed by atoms with van der Waals surface area (Å²) >= 11 is 0. The first-order valence-electron chi connectivity index (χ1n) is 8.54. The monoisotopic (exact) mass is 383 g/mol. The molecule has 0 aromatic carbocycles. The van der Waals surface area contributed by atoms with Gasteiger partial charge < -0.3 is 14.5 Å². The molecule has 2 saturated heterocycles. The Labute approximate surface area is 150 Å². The van der Waals surface area contributed by atoms with Crippen LogP contribution in [-0.4, -0.2) is 97.9 Å². The van der Waals surface area contributed by atoms with Gasteiger partial charge in [0.05, 0.1) is 0 Å². The van der Waals surface area contributed by atoms with Gasteiger partial charge in [-0.05, 0) is 19.9 Å². The topological polar surface area (TPSA) is 53.1 Å². The highest BCUT2D eigenvalue weighted by molar-refractivity contribution is 5.78. The Morgan fingerprint density at radius 3 is 2.58 bits per heavy atom. The molecule has 6 nitrogen and oxygen atoms in total. The minimum absolute atomic E-state index is 0.0521. The number of likely N-dealkylation sites (tertiary alicyclic amines) is 1. The zero-order chi connectivity index (χ0) is 19.5. The Hall–Kier alpha value is -1.42. The quantitative estimate of drug-likeness (QED) is 0.667. The van der Waals surface area contributed by atoms with E-state index in [1.807, 2.05) is 7.05 Å². The number of piperazine rings is 1. The number of carbonyl (C=O) groups excluding carboxylic acids is 2.